The summed E-state index contributed by atoms with van der Waals surface area (Å²) in [7, 11) is 0. The van der Waals surface area contributed by atoms with Gasteiger partial charge in [0.25, 0.3) is 0 Å². The van der Waals surface area contributed by atoms with Crippen molar-refractivity contribution in [1.29, 1.82) is 0 Å². The lowest BCUT2D eigenvalue weighted by Crippen LogP contribution is -2.40. The van der Waals surface area contributed by atoms with Crippen LogP contribution in [-0.2, 0) is 11.3 Å². The van der Waals surface area contributed by atoms with Crippen LogP contribution < -0.4 is 0 Å². The van der Waals surface area contributed by atoms with Crippen molar-refractivity contribution in [2.24, 2.45) is 0 Å². The quantitative estimate of drug-likeness (QED) is 0.922. The first-order valence-electron chi connectivity index (χ1n) is 6.92. The van der Waals surface area contributed by atoms with Crippen molar-refractivity contribution in [3.8, 4) is 0 Å². The van der Waals surface area contributed by atoms with E-state index in [-0.39, 0.29) is 11.6 Å². The van der Waals surface area contributed by atoms with Gasteiger partial charge in [-0.2, -0.15) is 0 Å². The highest BCUT2D eigenvalue weighted by molar-refractivity contribution is 5.87. The molecule has 0 radical (unpaired) electrons. The average molecular weight is 293 g/mol. The minimum absolute atomic E-state index is 0.0478. The molecule has 5 heteroatoms. The number of rotatable bonds is 4. The van der Waals surface area contributed by atoms with E-state index in [0.717, 1.165) is 5.56 Å². The third-order valence-electron chi connectivity index (χ3n) is 2.78. The second-order valence-corrected chi connectivity index (χ2v) is 6.21. The zero-order valence-electron chi connectivity index (χ0n) is 13.2. The summed E-state index contributed by atoms with van der Waals surface area (Å²) in [6.45, 7) is 9.54. The molecule has 0 saturated heterocycles. The summed E-state index contributed by atoms with van der Waals surface area (Å²) in [5.74, 6) is -0.981. The molecule has 0 atom stereocenters. The second-order valence-electron chi connectivity index (χ2n) is 6.21. The Morgan fingerprint density at radius 2 is 1.90 bits per heavy atom. The average Bonchev–Trinajstić information content (AvgIpc) is 2.33. The Kier molecular flexibility index (Phi) is 5.35. The van der Waals surface area contributed by atoms with Gasteiger partial charge in [-0.05, 0) is 52.3 Å². The number of amides is 1. The van der Waals surface area contributed by atoms with Gasteiger partial charge in [0, 0.05) is 12.6 Å². The minimum Gasteiger partial charge on any atom is -0.478 e. The zero-order chi connectivity index (χ0) is 16.2. The number of carboxylic acid groups (broad SMARTS) is 1. The molecule has 0 spiro atoms. The summed E-state index contributed by atoms with van der Waals surface area (Å²) in [4.78, 5) is 24.8. The highest BCUT2D eigenvalue weighted by atomic mass is 16.6. The summed E-state index contributed by atoms with van der Waals surface area (Å²) in [6, 6.07) is 6.52. The number of hydrogen-bond acceptors (Lipinski definition) is 3. The van der Waals surface area contributed by atoms with E-state index in [1.807, 2.05) is 34.6 Å². The molecule has 116 valence electrons. The Balaban J connectivity index is 2.91. The number of benzene rings is 1. The Labute approximate surface area is 125 Å². The van der Waals surface area contributed by atoms with Crippen molar-refractivity contribution in [2.45, 2.75) is 52.8 Å². The maximum Gasteiger partial charge on any atom is 0.410 e. The lowest BCUT2D eigenvalue weighted by Gasteiger charge is -2.30. The van der Waals surface area contributed by atoms with Crippen molar-refractivity contribution in [3.63, 3.8) is 0 Å². The fraction of sp³-hybridized carbons (Fsp3) is 0.500. The van der Waals surface area contributed by atoms with Crippen LogP contribution in [-0.4, -0.2) is 33.7 Å². The highest BCUT2D eigenvalue weighted by Crippen LogP contribution is 2.16. The van der Waals surface area contributed by atoms with Gasteiger partial charge in [0.05, 0.1) is 5.56 Å². The summed E-state index contributed by atoms with van der Waals surface area (Å²) in [6.07, 6.45) is -0.404. The number of nitrogens with zero attached hydrogens (tertiary/aromatic N) is 1. The van der Waals surface area contributed by atoms with Crippen molar-refractivity contribution in [1.82, 2.24) is 4.90 Å². The van der Waals surface area contributed by atoms with E-state index in [1.54, 1.807) is 23.1 Å². The van der Waals surface area contributed by atoms with Crippen LogP contribution >= 0.6 is 0 Å². The van der Waals surface area contributed by atoms with Gasteiger partial charge < -0.3 is 14.7 Å². The fourth-order valence-corrected chi connectivity index (χ4v) is 1.78. The summed E-state index contributed by atoms with van der Waals surface area (Å²) < 4.78 is 5.38. The molecule has 0 aliphatic rings. The van der Waals surface area contributed by atoms with Gasteiger partial charge in [-0.3, -0.25) is 0 Å². The number of carboxylic acids is 1. The van der Waals surface area contributed by atoms with Crippen LogP contribution in [0.15, 0.2) is 24.3 Å². The molecule has 0 aromatic heterocycles. The Hall–Kier alpha value is -2.04. The normalized spacial score (nSPS) is 11.3. The van der Waals surface area contributed by atoms with E-state index in [2.05, 4.69) is 0 Å². The minimum atomic E-state index is -0.981. The predicted octanol–water partition coefficient (Wildman–Crippen LogP) is 3.53. The van der Waals surface area contributed by atoms with E-state index in [4.69, 9.17) is 9.84 Å². The fourth-order valence-electron chi connectivity index (χ4n) is 1.78. The highest BCUT2D eigenvalue weighted by Gasteiger charge is 2.24. The molecule has 5 nitrogen and oxygen atoms in total. The molecule has 0 fully saturated rings. The van der Waals surface area contributed by atoms with Crippen LogP contribution in [0.1, 0.15) is 50.5 Å². The Bertz CT molecular complexity index is 517. The molecule has 0 bridgehead atoms. The monoisotopic (exact) mass is 293 g/mol. The number of aromatic carboxylic acids is 1. The number of ether oxygens (including phenoxy) is 1. The number of carbonyl (C=O) groups is 2. The molecule has 1 amide bonds. The molecule has 0 aliphatic heterocycles. The first-order chi connectivity index (χ1) is 9.60. The molecular weight excluding hydrogens is 270 g/mol. The van der Waals surface area contributed by atoms with Crippen LogP contribution in [0, 0.1) is 0 Å². The van der Waals surface area contributed by atoms with Crippen molar-refractivity contribution < 1.29 is 19.4 Å². The molecule has 1 rings (SSSR count). The Morgan fingerprint density at radius 3 is 2.38 bits per heavy atom. The van der Waals surface area contributed by atoms with E-state index >= 15 is 0 Å². The lowest BCUT2D eigenvalue weighted by molar-refractivity contribution is 0.0172. The molecule has 0 saturated carbocycles. The molecule has 1 N–H and O–H groups in total. The maximum absolute atomic E-state index is 12.2. The maximum atomic E-state index is 12.2. The summed E-state index contributed by atoms with van der Waals surface area (Å²) in [5.41, 5.74) is 0.405. The second kappa shape index (κ2) is 6.61. The Morgan fingerprint density at radius 1 is 1.29 bits per heavy atom. The molecule has 0 heterocycles. The lowest BCUT2D eigenvalue weighted by atomic mass is 10.1. The first-order valence-corrected chi connectivity index (χ1v) is 6.92. The van der Waals surface area contributed by atoms with Crippen LogP contribution in [0.25, 0.3) is 0 Å². The van der Waals surface area contributed by atoms with Crippen molar-refractivity contribution in [2.75, 3.05) is 0 Å². The molecule has 0 unspecified atom stereocenters. The molecule has 1 aromatic carbocycles. The van der Waals surface area contributed by atoms with Crippen LogP contribution in [0.5, 0.6) is 0 Å². The smallest absolute Gasteiger partial charge is 0.410 e. The standard InChI is InChI=1S/C16H23NO4/c1-11(2)17(15(20)21-16(3,4)5)10-12-7-6-8-13(9-12)14(18)19/h6-9,11H,10H2,1-5H3,(H,18,19). The van der Waals surface area contributed by atoms with E-state index < -0.39 is 17.7 Å². The van der Waals surface area contributed by atoms with Gasteiger partial charge in [-0.1, -0.05) is 12.1 Å². The third-order valence-corrected chi connectivity index (χ3v) is 2.78. The topological polar surface area (TPSA) is 66.8 Å². The van der Waals surface area contributed by atoms with Crippen LogP contribution in [0.2, 0.25) is 0 Å². The van der Waals surface area contributed by atoms with Gasteiger partial charge >= 0.3 is 12.1 Å². The van der Waals surface area contributed by atoms with Crippen molar-refractivity contribution in [3.05, 3.63) is 35.4 Å². The third kappa shape index (κ3) is 5.45. The largest absolute Gasteiger partial charge is 0.478 e. The number of hydrogen-bond donors (Lipinski definition) is 1. The predicted molar refractivity (Wildman–Crippen MR) is 80.3 cm³/mol. The molecular formula is C16H23NO4. The molecule has 0 aliphatic carbocycles. The van der Waals surface area contributed by atoms with Gasteiger partial charge in [-0.25, -0.2) is 9.59 Å². The van der Waals surface area contributed by atoms with Crippen LogP contribution in [0.4, 0.5) is 4.79 Å². The van der Waals surface area contributed by atoms with Crippen molar-refractivity contribution >= 4 is 12.1 Å². The van der Waals surface area contributed by atoms with E-state index in [9.17, 15) is 9.59 Å². The number of carbonyl (C=O) groups excluding carboxylic acids is 1. The van der Waals surface area contributed by atoms with Crippen LogP contribution in [0.3, 0.4) is 0 Å². The SMILES string of the molecule is CC(C)N(Cc1cccc(C(=O)O)c1)C(=O)OC(C)(C)C. The van der Waals surface area contributed by atoms with Gasteiger partial charge in [-0.15, -0.1) is 0 Å². The van der Waals surface area contributed by atoms with E-state index in [0.29, 0.717) is 6.54 Å². The molecule has 1 aromatic rings. The van der Waals surface area contributed by atoms with Gasteiger partial charge in [0.15, 0.2) is 0 Å². The van der Waals surface area contributed by atoms with Gasteiger partial charge in [0.2, 0.25) is 0 Å². The summed E-state index contributed by atoms with van der Waals surface area (Å²) >= 11 is 0. The zero-order valence-corrected chi connectivity index (χ0v) is 13.2. The van der Waals surface area contributed by atoms with E-state index in [1.165, 1.54) is 6.07 Å². The summed E-state index contributed by atoms with van der Waals surface area (Å²) in [5, 5.41) is 9.01. The van der Waals surface area contributed by atoms with Gasteiger partial charge in [0.1, 0.15) is 5.60 Å². The first kappa shape index (κ1) is 17.0. The molecule has 21 heavy (non-hydrogen) atoms.